The lowest BCUT2D eigenvalue weighted by Crippen LogP contribution is -2.36. The fourth-order valence-corrected chi connectivity index (χ4v) is 4.75. The summed E-state index contributed by atoms with van der Waals surface area (Å²) >= 11 is 0. The molecule has 0 amide bonds. The summed E-state index contributed by atoms with van der Waals surface area (Å²) < 4.78 is 52.0. The Hall–Kier alpha value is -1.90. The van der Waals surface area contributed by atoms with Crippen LogP contribution in [0.4, 0.5) is 5.69 Å². The van der Waals surface area contributed by atoms with Gasteiger partial charge in [-0.15, -0.1) is 0 Å². The van der Waals surface area contributed by atoms with Gasteiger partial charge in [-0.25, -0.2) is 16.8 Å². The molecule has 0 saturated carbocycles. The first-order chi connectivity index (χ1) is 11.3. The molecule has 0 unspecified atom stereocenters. The van der Waals surface area contributed by atoms with E-state index in [0.717, 1.165) is 17.4 Å². The summed E-state index contributed by atoms with van der Waals surface area (Å²) in [4.78, 5) is 0.263. The fourth-order valence-electron chi connectivity index (χ4n) is 2.76. The van der Waals surface area contributed by atoms with Gasteiger partial charge in [-0.3, -0.25) is 4.72 Å². The minimum absolute atomic E-state index is 0.228. The number of benzene rings is 2. The highest BCUT2D eigenvalue weighted by Gasteiger charge is 2.28. The van der Waals surface area contributed by atoms with Crippen molar-refractivity contribution in [3.05, 3.63) is 59.7 Å². The van der Waals surface area contributed by atoms with E-state index in [1.54, 1.807) is 42.5 Å². The van der Waals surface area contributed by atoms with Crippen molar-refractivity contribution in [1.82, 2.24) is 4.31 Å². The molecule has 6 nitrogen and oxygen atoms in total. The molecule has 1 heterocycles. The summed E-state index contributed by atoms with van der Waals surface area (Å²) in [5.41, 5.74) is 2.29. The highest BCUT2D eigenvalue weighted by molar-refractivity contribution is 7.92. The molecule has 1 aliphatic heterocycles. The molecule has 2 aromatic rings. The minimum atomic E-state index is -3.56. The molecule has 0 bridgehead atoms. The summed E-state index contributed by atoms with van der Waals surface area (Å²) in [5.74, 6) is 0. The Morgan fingerprint density at radius 1 is 0.958 bits per heavy atom. The molecule has 0 fully saturated rings. The van der Waals surface area contributed by atoms with Gasteiger partial charge in [0, 0.05) is 18.8 Å². The quantitative estimate of drug-likeness (QED) is 0.894. The third-order valence-corrected chi connectivity index (χ3v) is 6.33. The van der Waals surface area contributed by atoms with Crippen molar-refractivity contribution in [2.75, 3.05) is 17.5 Å². The van der Waals surface area contributed by atoms with E-state index < -0.39 is 20.0 Å². The van der Waals surface area contributed by atoms with E-state index in [0.29, 0.717) is 18.7 Å². The van der Waals surface area contributed by atoms with E-state index in [-0.39, 0.29) is 11.4 Å². The van der Waals surface area contributed by atoms with Crippen molar-refractivity contribution in [2.24, 2.45) is 0 Å². The number of hydrogen-bond acceptors (Lipinski definition) is 4. The van der Waals surface area contributed by atoms with E-state index in [9.17, 15) is 16.8 Å². The molecule has 8 heteroatoms. The monoisotopic (exact) mass is 366 g/mol. The number of anilines is 1. The van der Waals surface area contributed by atoms with E-state index in [4.69, 9.17) is 0 Å². The molecule has 0 saturated heterocycles. The number of nitrogens with one attached hydrogen (secondary N) is 1. The van der Waals surface area contributed by atoms with Gasteiger partial charge in [0.1, 0.15) is 0 Å². The van der Waals surface area contributed by atoms with E-state index >= 15 is 0 Å². The second kappa shape index (κ2) is 6.19. The Morgan fingerprint density at radius 2 is 1.67 bits per heavy atom. The third kappa shape index (κ3) is 3.61. The molecule has 0 spiro atoms. The average Bonchev–Trinajstić information content (AvgIpc) is 2.53. The van der Waals surface area contributed by atoms with E-state index in [1.807, 2.05) is 6.07 Å². The topological polar surface area (TPSA) is 83.6 Å². The van der Waals surface area contributed by atoms with Gasteiger partial charge in [-0.1, -0.05) is 24.3 Å². The van der Waals surface area contributed by atoms with Gasteiger partial charge in [0.2, 0.25) is 20.0 Å². The largest absolute Gasteiger partial charge is 0.284 e. The highest BCUT2D eigenvalue weighted by atomic mass is 32.2. The van der Waals surface area contributed by atoms with Crippen LogP contribution in [0.3, 0.4) is 0 Å². The molecular formula is C16H18N2O4S2. The second-order valence-corrected chi connectivity index (χ2v) is 9.45. The van der Waals surface area contributed by atoms with Crippen LogP contribution in [0.25, 0.3) is 0 Å². The molecule has 0 aromatic heterocycles. The maximum atomic E-state index is 12.7. The van der Waals surface area contributed by atoms with E-state index in [2.05, 4.69) is 4.72 Å². The smallest absolute Gasteiger partial charge is 0.243 e. The van der Waals surface area contributed by atoms with Gasteiger partial charge in [0.25, 0.3) is 0 Å². The van der Waals surface area contributed by atoms with Crippen molar-refractivity contribution >= 4 is 25.7 Å². The lowest BCUT2D eigenvalue weighted by molar-refractivity contribution is 0.391. The minimum Gasteiger partial charge on any atom is -0.284 e. The maximum Gasteiger partial charge on any atom is 0.243 e. The van der Waals surface area contributed by atoms with Crippen LogP contribution in [0, 0.1) is 0 Å². The summed E-state index contributed by atoms with van der Waals surface area (Å²) in [6.45, 7) is 0.634. The van der Waals surface area contributed by atoms with Crippen molar-refractivity contribution in [3.8, 4) is 0 Å². The van der Waals surface area contributed by atoms with Gasteiger partial charge in [0.05, 0.1) is 11.2 Å². The van der Waals surface area contributed by atoms with Crippen LogP contribution in [0.15, 0.2) is 53.4 Å². The van der Waals surface area contributed by atoms with Gasteiger partial charge in [-0.05, 0) is 41.8 Å². The third-order valence-electron chi connectivity index (χ3n) is 3.87. The van der Waals surface area contributed by atoms with Gasteiger partial charge in [0.15, 0.2) is 0 Å². The highest BCUT2D eigenvalue weighted by Crippen LogP contribution is 2.27. The van der Waals surface area contributed by atoms with Crippen molar-refractivity contribution in [3.63, 3.8) is 0 Å². The predicted octanol–water partition coefficient (Wildman–Crippen LogP) is 1.81. The average molecular weight is 366 g/mol. The summed E-state index contributed by atoms with van der Waals surface area (Å²) in [5, 5.41) is 0. The van der Waals surface area contributed by atoms with Gasteiger partial charge < -0.3 is 0 Å². The van der Waals surface area contributed by atoms with Crippen molar-refractivity contribution in [2.45, 2.75) is 17.9 Å². The van der Waals surface area contributed by atoms with Crippen LogP contribution in [-0.4, -0.2) is 33.9 Å². The Morgan fingerprint density at radius 3 is 2.33 bits per heavy atom. The SMILES string of the molecule is CS(=O)(=O)Nc1ccc2c(c1)CN(S(=O)(=O)c1ccccc1)CC2. The zero-order chi connectivity index (χ0) is 17.4. The van der Waals surface area contributed by atoms with E-state index in [1.165, 1.54) is 4.31 Å². The van der Waals surface area contributed by atoms with Crippen LogP contribution in [0.1, 0.15) is 11.1 Å². The van der Waals surface area contributed by atoms with Gasteiger partial charge >= 0.3 is 0 Å². The molecule has 2 aromatic carbocycles. The lowest BCUT2D eigenvalue weighted by Gasteiger charge is -2.28. The predicted molar refractivity (Wildman–Crippen MR) is 92.7 cm³/mol. The number of sulfonamides is 2. The zero-order valence-electron chi connectivity index (χ0n) is 13.1. The molecular weight excluding hydrogens is 348 g/mol. The maximum absolute atomic E-state index is 12.7. The van der Waals surface area contributed by atoms with Crippen LogP contribution in [0.5, 0.6) is 0 Å². The lowest BCUT2D eigenvalue weighted by atomic mass is 10.0. The fraction of sp³-hybridized carbons (Fsp3) is 0.250. The number of fused-ring (bicyclic) bond motifs is 1. The Bertz CT molecular complexity index is 955. The van der Waals surface area contributed by atoms with Crippen LogP contribution >= 0.6 is 0 Å². The molecule has 128 valence electrons. The van der Waals surface area contributed by atoms with Gasteiger partial charge in [-0.2, -0.15) is 4.31 Å². The van der Waals surface area contributed by atoms with Crippen molar-refractivity contribution in [1.29, 1.82) is 0 Å². The molecule has 3 rings (SSSR count). The number of nitrogens with zero attached hydrogens (tertiary/aromatic N) is 1. The Balaban J connectivity index is 1.90. The molecule has 24 heavy (non-hydrogen) atoms. The first-order valence-corrected chi connectivity index (χ1v) is 10.7. The first-order valence-electron chi connectivity index (χ1n) is 7.40. The molecule has 0 aliphatic carbocycles. The standard InChI is InChI=1S/C16H18N2O4S2/c1-23(19,20)17-15-8-7-13-9-10-18(12-14(13)11-15)24(21,22)16-5-3-2-4-6-16/h2-8,11,17H,9-10,12H2,1H3. The second-order valence-electron chi connectivity index (χ2n) is 5.76. The summed E-state index contributed by atoms with van der Waals surface area (Å²) in [6, 6.07) is 13.5. The van der Waals surface area contributed by atoms with Crippen LogP contribution < -0.4 is 4.72 Å². The number of hydrogen-bond donors (Lipinski definition) is 1. The normalized spacial score (nSPS) is 15.7. The zero-order valence-corrected chi connectivity index (χ0v) is 14.8. The molecule has 0 atom stereocenters. The van der Waals surface area contributed by atoms with Crippen LogP contribution in [-0.2, 0) is 33.0 Å². The Kier molecular flexibility index (Phi) is 4.37. The van der Waals surface area contributed by atoms with Crippen LogP contribution in [0.2, 0.25) is 0 Å². The van der Waals surface area contributed by atoms with Crippen molar-refractivity contribution < 1.29 is 16.8 Å². The molecule has 1 N–H and O–H groups in total. The molecule has 0 radical (unpaired) electrons. The number of rotatable bonds is 4. The summed E-state index contributed by atoms with van der Waals surface area (Å²) in [6.07, 6.45) is 1.68. The first kappa shape index (κ1) is 16.9. The Labute approximate surface area is 142 Å². The summed E-state index contributed by atoms with van der Waals surface area (Å²) in [7, 11) is -6.93. The molecule has 1 aliphatic rings.